The van der Waals surface area contributed by atoms with Gasteiger partial charge in [0.2, 0.25) is 0 Å². The number of rotatable bonds is 2. The average Bonchev–Trinajstić information content (AvgIpc) is 3.19. The van der Waals surface area contributed by atoms with Crippen LogP contribution in [0.15, 0.2) is 42.7 Å². The molecule has 7 nitrogen and oxygen atoms in total. The molecule has 0 saturated carbocycles. The fraction of sp³-hybridized carbons (Fsp3) is 0.318. The van der Waals surface area contributed by atoms with E-state index in [0.29, 0.717) is 24.0 Å². The fourth-order valence-corrected chi connectivity index (χ4v) is 4.07. The van der Waals surface area contributed by atoms with Crippen LogP contribution < -0.4 is 11.1 Å². The Morgan fingerprint density at radius 3 is 2.90 bits per heavy atom. The Kier molecular flexibility index (Phi) is 4.96. The SMILES string of the molecule is Cc1cc(NC(=O)C(=O)N2C[C@@H](C)CCC2c2cccc3[nH]ccc23)cnc1N. The van der Waals surface area contributed by atoms with E-state index in [1.807, 2.05) is 30.5 Å². The number of amides is 2. The number of nitrogens with two attached hydrogens (primary N) is 1. The molecule has 1 saturated heterocycles. The molecule has 1 unspecified atom stereocenters. The van der Waals surface area contributed by atoms with Gasteiger partial charge in [0, 0.05) is 23.6 Å². The Hall–Kier alpha value is -3.35. The van der Waals surface area contributed by atoms with Gasteiger partial charge in [-0.05, 0) is 55.0 Å². The highest BCUT2D eigenvalue weighted by Gasteiger charge is 2.35. The number of piperidine rings is 1. The molecule has 1 aromatic carbocycles. The molecule has 2 aromatic heterocycles. The first-order valence-electron chi connectivity index (χ1n) is 9.84. The second-order valence-corrected chi connectivity index (χ2v) is 7.82. The maximum absolute atomic E-state index is 13.1. The number of pyridine rings is 1. The van der Waals surface area contributed by atoms with Gasteiger partial charge in [0.15, 0.2) is 0 Å². The van der Waals surface area contributed by atoms with Crippen LogP contribution in [0.5, 0.6) is 0 Å². The van der Waals surface area contributed by atoms with Gasteiger partial charge < -0.3 is 20.9 Å². The summed E-state index contributed by atoms with van der Waals surface area (Å²) in [6.45, 7) is 4.47. The number of aromatic nitrogens is 2. The zero-order valence-corrected chi connectivity index (χ0v) is 16.6. The number of hydrogen-bond acceptors (Lipinski definition) is 4. The third-order valence-electron chi connectivity index (χ3n) is 5.64. The van der Waals surface area contributed by atoms with Crippen LogP contribution in [0.1, 0.15) is 36.9 Å². The molecule has 2 amide bonds. The molecule has 3 heterocycles. The number of fused-ring (bicyclic) bond motifs is 1. The predicted molar refractivity (Wildman–Crippen MR) is 113 cm³/mol. The Labute approximate surface area is 169 Å². The first kappa shape index (κ1) is 19.0. The van der Waals surface area contributed by atoms with Crippen LogP contribution in [0.2, 0.25) is 0 Å². The van der Waals surface area contributed by atoms with Gasteiger partial charge in [-0.15, -0.1) is 0 Å². The summed E-state index contributed by atoms with van der Waals surface area (Å²) < 4.78 is 0. The molecule has 7 heteroatoms. The summed E-state index contributed by atoms with van der Waals surface area (Å²) in [5, 5.41) is 3.76. The highest BCUT2D eigenvalue weighted by atomic mass is 16.2. The number of nitrogens with zero attached hydrogens (tertiary/aromatic N) is 2. The van der Waals surface area contributed by atoms with E-state index in [0.717, 1.165) is 34.9 Å². The van der Waals surface area contributed by atoms with Crippen molar-refractivity contribution in [2.75, 3.05) is 17.6 Å². The number of carbonyl (C=O) groups excluding carboxylic acids is 2. The number of H-pyrrole nitrogens is 1. The maximum Gasteiger partial charge on any atom is 0.313 e. The van der Waals surface area contributed by atoms with Crippen LogP contribution in [0, 0.1) is 12.8 Å². The molecule has 1 fully saturated rings. The molecule has 1 aliphatic heterocycles. The number of nitrogen functional groups attached to an aromatic ring is 1. The molecule has 0 aliphatic carbocycles. The molecule has 0 radical (unpaired) electrons. The van der Waals surface area contributed by atoms with Crippen LogP contribution in [-0.2, 0) is 9.59 Å². The Balaban J connectivity index is 1.61. The predicted octanol–water partition coefficient (Wildman–Crippen LogP) is 3.39. The van der Waals surface area contributed by atoms with Gasteiger partial charge in [-0.25, -0.2) is 4.98 Å². The number of likely N-dealkylation sites (tertiary alicyclic amines) is 1. The molecule has 4 N–H and O–H groups in total. The summed E-state index contributed by atoms with van der Waals surface area (Å²) in [4.78, 5) is 34.8. The minimum atomic E-state index is -0.656. The number of hydrogen-bond donors (Lipinski definition) is 3. The number of benzene rings is 1. The normalized spacial score (nSPS) is 19.3. The molecule has 2 atom stereocenters. The van der Waals surface area contributed by atoms with Gasteiger partial charge in [0.05, 0.1) is 17.9 Å². The van der Waals surface area contributed by atoms with E-state index in [4.69, 9.17) is 5.73 Å². The van der Waals surface area contributed by atoms with E-state index in [2.05, 4.69) is 22.2 Å². The smallest absolute Gasteiger partial charge is 0.313 e. The molecule has 1 aliphatic rings. The van der Waals surface area contributed by atoms with Crippen molar-refractivity contribution < 1.29 is 9.59 Å². The lowest BCUT2D eigenvalue weighted by atomic mass is 9.88. The summed E-state index contributed by atoms with van der Waals surface area (Å²) in [6.07, 6.45) is 5.20. The van der Waals surface area contributed by atoms with Crippen molar-refractivity contribution in [3.05, 3.63) is 53.9 Å². The van der Waals surface area contributed by atoms with Gasteiger partial charge in [0.25, 0.3) is 0 Å². The zero-order valence-electron chi connectivity index (χ0n) is 16.6. The van der Waals surface area contributed by atoms with Crippen molar-refractivity contribution >= 4 is 34.2 Å². The Bertz CT molecular complexity index is 1070. The van der Waals surface area contributed by atoms with Crippen molar-refractivity contribution in [1.82, 2.24) is 14.9 Å². The van der Waals surface area contributed by atoms with Gasteiger partial charge in [-0.2, -0.15) is 0 Å². The van der Waals surface area contributed by atoms with E-state index in [1.54, 1.807) is 17.9 Å². The van der Waals surface area contributed by atoms with Gasteiger partial charge in [-0.3, -0.25) is 9.59 Å². The van der Waals surface area contributed by atoms with E-state index in [1.165, 1.54) is 6.20 Å². The molecule has 3 aromatic rings. The van der Waals surface area contributed by atoms with Crippen LogP contribution in [0.25, 0.3) is 10.9 Å². The fourth-order valence-electron chi connectivity index (χ4n) is 4.07. The summed E-state index contributed by atoms with van der Waals surface area (Å²) >= 11 is 0. The molecule has 150 valence electrons. The Morgan fingerprint density at radius 1 is 1.28 bits per heavy atom. The standard InChI is InChI=1S/C22H25N5O2/c1-13-6-7-19(17-4-3-5-18-16(17)8-9-24-18)27(12-13)22(29)21(28)26-15-10-14(2)20(23)25-11-15/h3-5,8-11,13,19,24H,6-7,12H2,1-2H3,(H2,23,25)(H,26,28)/t13-,19?/m0/s1. The monoisotopic (exact) mass is 391 g/mol. The summed E-state index contributed by atoms with van der Waals surface area (Å²) in [7, 11) is 0. The van der Waals surface area contributed by atoms with Gasteiger partial charge in [-0.1, -0.05) is 19.1 Å². The van der Waals surface area contributed by atoms with E-state index in [9.17, 15) is 9.59 Å². The topological polar surface area (TPSA) is 104 Å². The van der Waals surface area contributed by atoms with E-state index >= 15 is 0 Å². The second kappa shape index (κ2) is 7.58. The average molecular weight is 391 g/mol. The number of aryl methyl sites for hydroxylation is 1. The summed E-state index contributed by atoms with van der Waals surface area (Å²) in [6, 6.07) is 9.65. The third-order valence-corrected chi connectivity index (χ3v) is 5.64. The van der Waals surface area contributed by atoms with Crippen molar-refractivity contribution in [2.24, 2.45) is 5.92 Å². The largest absolute Gasteiger partial charge is 0.383 e. The molecule has 0 bridgehead atoms. The highest BCUT2D eigenvalue weighted by Crippen LogP contribution is 2.36. The second-order valence-electron chi connectivity index (χ2n) is 7.82. The van der Waals surface area contributed by atoms with Gasteiger partial charge in [0.1, 0.15) is 5.82 Å². The van der Waals surface area contributed by atoms with Crippen molar-refractivity contribution in [1.29, 1.82) is 0 Å². The molecule has 29 heavy (non-hydrogen) atoms. The first-order chi connectivity index (χ1) is 13.9. The van der Waals surface area contributed by atoms with Crippen LogP contribution in [-0.4, -0.2) is 33.2 Å². The Morgan fingerprint density at radius 2 is 2.10 bits per heavy atom. The first-order valence-corrected chi connectivity index (χ1v) is 9.84. The van der Waals surface area contributed by atoms with E-state index in [-0.39, 0.29) is 6.04 Å². The quantitative estimate of drug-likeness (QED) is 0.583. The molecular weight excluding hydrogens is 366 g/mol. The van der Waals surface area contributed by atoms with Gasteiger partial charge >= 0.3 is 11.8 Å². The number of carbonyl (C=O) groups is 2. The molecular formula is C22H25N5O2. The minimum absolute atomic E-state index is 0.129. The van der Waals surface area contributed by atoms with Crippen molar-refractivity contribution in [2.45, 2.75) is 32.7 Å². The van der Waals surface area contributed by atoms with E-state index < -0.39 is 11.8 Å². The van der Waals surface area contributed by atoms with Crippen LogP contribution in [0.3, 0.4) is 0 Å². The highest BCUT2D eigenvalue weighted by molar-refractivity contribution is 6.39. The molecule has 4 rings (SSSR count). The zero-order chi connectivity index (χ0) is 20.5. The van der Waals surface area contributed by atoms with Crippen molar-refractivity contribution in [3.8, 4) is 0 Å². The molecule has 0 spiro atoms. The summed E-state index contributed by atoms with van der Waals surface area (Å²) in [5.41, 5.74) is 9.04. The lowest BCUT2D eigenvalue weighted by Gasteiger charge is -2.38. The van der Waals surface area contributed by atoms with Crippen LogP contribution >= 0.6 is 0 Å². The third kappa shape index (κ3) is 3.68. The lowest BCUT2D eigenvalue weighted by molar-refractivity contribution is -0.146. The number of aromatic amines is 1. The summed E-state index contributed by atoms with van der Waals surface area (Å²) in [5.74, 6) is -0.437. The maximum atomic E-state index is 13.1. The lowest BCUT2D eigenvalue weighted by Crippen LogP contribution is -2.46. The van der Waals surface area contributed by atoms with Crippen molar-refractivity contribution in [3.63, 3.8) is 0 Å². The minimum Gasteiger partial charge on any atom is -0.383 e. The number of nitrogens with one attached hydrogen (secondary N) is 2. The van der Waals surface area contributed by atoms with Crippen LogP contribution in [0.4, 0.5) is 11.5 Å². The number of anilines is 2.